The van der Waals surface area contributed by atoms with Gasteiger partial charge in [0.05, 0.1) is 5.51 Å². The van der Waals surface area contributed by atoms with Crippen LogP contribution in [0.1, 0.15) is 37.5 Å². The fraction of sp³-hybridized carbons (Fsp3) is 0.692. The van der Waals surface area contributed by atoms with Gasteiger partial charge in [-0.1, -0.05) is 13.3 Å². The van der Waals surface area contributed by atoms with Gasteiger partial charge in [0.2, 0.25) is 0 Å². The first-order chi connectivity index (χ1) is 8.27. The van der Waals surface area contributed by atoms with Crippen LogP contribution in [0.3, 0.4) is 0 Å². The van der Waals surface area contributed by atoms with Crippen molar-refractivity contribution in [2.24, 2.45) is 5.41 Å². The minimum atomic E-state index is -0.0655. The number of nitrogens with one attached hydrogen (secondary N) is 1. The van der Waals surface area contributed by atoms with E-state index in [0.717, 1.165) is 43.6 Å². The van der Waals surface area contributed by atoms with Crippen LogP contribution >= 0.6 is 11.3 Å². The highest BCUT2D eigenvalue weighted by Gasteiger charge is 2.37. The first-order valence-corrected chi connectivity index (χ1v) is 7.26. The van der Waals surface area contributed by atoms with Gasteiger partial charge in [0, 0.05) is 22.9 Å². The summed E-state index contributed by atoms with van der Waals surface area (Å²) in [5, 5.41) is 3.35. The Labute approximate surface area is 107 Å². The monoisotopic (exact) mass is 252 g/mol. The number of Topliss-reactive ketones (excluding diaryl/α,β-unsaturated/α-hetero) is 1. The largest absolute Gasteiger partial charge is 0.317 e. The molecule has 1 aromatic heterocycles. The van der Waals surface area contributed by atoms with E-state index < -0.39 is 0 Å². The lowest BCUT2D eigenvalue weighted by Gasteiger charge is -2.36. The number of thiazole rings is 1. The SMILES string of the molecule is CCCC1(C(=O)Cc2cncs2)CCNCC1. The molecule has 1 aliphatic heterocycles. The molecular formula is C13H20N2OS. The number of carbonyl (C=O) groups is 1. The molecule has 0 aliphatic carbocycles. The average Bonchev–Trinajstić information content (AvgIpc) is 2.83. The molecule has 0 spiro atoms. The van der Waals surface area contributed by atoms with Crippen LogP contribution in [0.2, 0.25) is 0 Å². The van der Waals surface area contributed by atoms with E-state index in [1.54, 1.807) is 16.8 Å². The number of hydrogen-bond acceptors (Lipinski definition) is 4. The van der Waals surface area contributed by atoms with Crippen molar-refractivity contribution >= 4 is 17.1 Å². The van der Waals surface area contributed by atoms with Gasteiger partial charge in [-0.3, -0.25) is 9.78 Å². The van der Waals surface area contributed by atoms with Gasteiger partial charge in [-0.25, -0.2) is 0 Å². The van der Waals surface area contributed by atoms with Gasteiger partial charge >= 0.3 is 0 Å². The maximum Gasteiger partial charge on any atom is 0.144 e. The molecule has 0 atom stereocenters. The third-order valence-corrected chi connectivity index (χ3v) is 4.48. The summed E-state index contributed by atoms with van der Waals surface area (Å²) in [7, 11) is 0. The molecule has 3 nitrogen and oxygen atoms in total. The zero-order valence-corrected chi connectivity index (χ0v) is 11.2. The van der Waals surface area contributed by atoms with E-state index >= 15 is 0 Å². The predicted octanol–water partition coefficient (Wildman–Crippen LogP) is 2.42. The maximum atomic E-state index is 12.5. The normalized spacial score (nSPS) is 19.1. The zero-order valence-electron chi connectivity index (χ0n) is 10.4. The molecule has 2 heterocycles. The molecule has 1 aliphatic rings. The van der Waals surface area contributed by atoms with Crippen LogP contribution in [0.4, 0.5) is 0 Å². The second-order valence-electron chi connectivity index (χ2n) is 4.85. The highest BCUT2D eigenvalue weighted by Crippen LogP contribution is 2.36. The third kappa shape index (κ3) is 2.93. The molecule has 1 fully saturated rings. The molecule has 0 saturated carbocycles. The average molecular weight is 252 g/mol. The van der Waals surface area contributed by atoms with Crippen molar-refractivity contribution in [2.75, 3.05) is 13.1 Å². The molecule has 0 aromatic carbocycles. The molecule has 94 valence electrons. The summed E-state index contributed by atoms with van der Waals surface area (Å²) in [5.74, 6) is 0.421. The topological polar surface area (TPSA) is 42.0 Å². The minimum Gasteiger partial charge on any atom is -0.317 e. The second kappa shape index (κ2) is 5.74. The zero-order chi connectivity index (χ0) is 12.1. The number of carbonyl (C=O) groups excluding carboxylic acids is 1. The Morgan fingerprint density at radius 1 is 1.53 bits per heavy atom. The molecule has 0 bridgehead atoms. The van der Waals surface area contributed by atoms with Gasteiger partial charge in [0.25, 0.3) is 0 Å². The Balaban J connectivity index is 2.06. The van der Waals surface area contributed by atoms with Gasteiger partial charge in [-0.2, -0.15) is 0 Å². The van der Waals surface area contributed by atoms with Crippen molar-refractivity contribution in [1.82, 2.24) is 10.3 Å². The number of rotatable bonds is 5. The van der Waals surface area contributed by atoms with Crippen molar-refractivity contribution in [3.8, 4) is 0 Å². The summed E-state index contributed by atoms with van der Waals surface area (Å²) in [4.78, 5) is 17.7. The molecule has 17 heavy (non-hydrogen) atoms. The number of hydrogen-bond donors (Lipinski definition) is 1. The Morgan fingerprint density at radius 2 is 2.29 bits per heavy atom. The third-order valence-electron chi connectivity index (χ3n) is 3.70. The number of ketones is 1. The standard InChI is InChI=1S/C13H20N2OS/c1-2-3-13(4-6-14-7-5-13)12(16)8-11-9-15-10-17-11/h9-10,14H,2-8H2,1H3. The predicted molar refractivity (Wildman–Crippen MR) is 70.3 cm³/mol. The number of aromatic nitrogens is 1. The van der Waals surface area contributed by atoms with Crippen molar-refractivity contribution in [3.63, 3.8) is 0 Å². The van der Waals surface area contributed by atoms with Crippen LogP contribution in [-0.2, 0) is 11.2 Å². The summed E-state index contributed by atoms with van der Waals surface area (Å²) < 4.78 is 0. The highest BCUT2D eigenvalue weighted by atomic mass is 32.1. The first kappa shape index (κ1) is 12.7. The Kier molecular flexibility index (Phi) is 4.29. The lowest BCUT2D eigenvalue weighted by Crippen LogP contribution is -2.42. The first-order valence-electron chi connectivity index (χ1n) is 6.38. The molecule has 1 N–H and O–H groups in total. The lowest BCUT2D eigenvalue weighted by atomic mass is 9.71. The Morgan fingerprint density at radius 3 is 2.88 bits per heavy atom. The van der Waals surface area contributed by atoms with Gasteiger partial charge in [-0.05, 0) is 32.4 Å². The summed E-state index contributed by atoms with van der Waals surface area (Å²) in [5.41, 5.74) is 1.74. The number of nitrogens with zero attached hydrogens (tertiary/aromatic N) is 1. The van der Waals surface area contributed by atoms with Crippen LogP contribution in [0.5, 0.6) is 0 Å². The quantitative estimate of drug-likeness (QED) is 0.875. The van der Waals surface area contributed by atoms with Gasteiger partial charge < -0.3 is 5.32 Å². The van der Waals surface area contributed by atoms with Gasteiger partial charge in [0.1, 0.15) is 5.78 Å². The van der Waals surface area contributed by atoms with Crippen molar-refractivity contribution in [1.29, 1.82) is 0 Å². The molecule has 0 radical (unpaired) electrons. The van der Waals surface area contributed by atoms with Gasteiger partial charge in [-0.15, -0.1) is 11.3 Å². The van der Waals surface area contributed by atoms with E-state index in [9.17, 15) is 4.79 Å². The molecule has 2 rings (SSSR count). The van der Waals surface area contributed by atoms with Crippen molar-refractivity contribution in [3.05, 3.63) is 16.6 Å². The summed E-state index contributed by atoms with van der Waals surface area (Å²) in [6.45, 7) is 4.13. The van der Waals surface area contributed by atoms with E-state index in [2.05, 4.69) is 17.2 Å². The second-order valence-corrected chi connectivity index (χ2v) is 5.82. The Hall–Kier alpha value is -0.740. The smallest absolute Gasteiger partial charge is 0.144 e. The minimum absolute atomic E-state index is 0.0655. The van der Waals surface area contributed by atoms with E-state index in [1.165, 1.54) is 0 Å². The summed E-state index contributed by atoms with van der Waals surface area (Å²) in [6.07, 6.45) is 6.52. The van der Waals surface area contributed by atoms with Gasteiger partial charge in [0.15, 0.2) is 0 Å². The molecular weight excluding hydrogens is 232 g/mol. The lowest BCUT2D eigenvalue weighted by molar-refractivity contribution is -0.130. The molecule has 1 aromatic rings. The van der Waals surface area contributed by atoms with Crippen molar-refractivity contribution < 1.29 is 4.79 Å². The molecule has 4 heteroatoms. The van der Waals surface area contributed by atoms with Crippen LogP contribution < -0.4 is 5.32 Å². The fourth-order valence-electron chi connectivity index (χ4n) is 2.73. The van der Waals surface area contributed by atoms with Crippen LogP contribution in [0.15, 0.2) is 11.7 Å². The fourth-order valence-corrected chi connectivity index (χ4v) is 3.32. The Bertz CT molecular complexity index is 350. The summed E-state index contributed by atoms with van der Waals surface area (Å²) in [6, 6.07) is 0. The molecule has 1 saturated heterocycles. The van der Waals surface area contributed by atoms with Crippen LogP contribution in [-0.4, -0.2) is 23.9 Å². The van der Waals surface area contributed by atoms with Crippen LogP contribution in [0, 0.1) is 5.41 Å². The van der Waals surface area contributed by atoms with Crippen LogP contribution in [0.25, 0.3) is 0 Å². The van der Waals surface area contributed by atoms with E-state index in [4.69, 9.17) is 0 Å². The van der Waals surface area contributed by atoms with Crippen molar-refractivity contribution in [2.45, 2.75) is 39.0 Å². The highest BCUT2D eigenvalue weighted by molar-refractivity contribution is 7.09. The van der Waals surface area contributed by atoms with E-state index in [1.807, 2.05) is 6.20 Å². The number of piperidine rings is 1. The maximum absolute atomic E-state index is 12.5. The van der Waals surface area contributed by atoms with E-state index in [0.29, 0.717) is 12.2 Å². The molecule has 0 unspecified atom stereocenters. The van der Waals surface area contributed by atoms with E-state index in [-0.39, 0.29) is 5.41 Å². The summed E-state index contributed by atoms with van der Waals surface area (Å²) >= 11 is 1.58. The molecule has 0 amide bonds.